The number of nitrogens with zero attached hydrogens (tertiary/aromatic N) is 1. The van der Waals surface area contributed by atoms with Crippen LogP contribution in [0.15, 0.2) is 0 Å². The van der Waals surface area contributed by atoms with Crippen molar-refractivity contribution < 1.29 is 5.11 Å². The number of hydrogen-bond acceptors (Lipinski definition) is 3. The third-order valence-electron chi connectivity index (χ3n) is 2.39. The van der Waals surface area contributed by atoms with Gasteiger partial charge in [0.1, 0.15) is 0 Å². The molecule has 0 aromatic rings. The minimum atomic E-state index is -0.211. The van der Waals surface area contributed by atoms with Gasteiger partial charge in [0, 0.05) is 31.7 Å². The maximum absolute atomic E-state index is 9.52. The van der Waals surface area contributed by atoms with E-state index in [1.165, 1.54) is 0 Å². The van der Waals surface area contributed by atoms with Crippen molar-refractivity contribution in [1.82, 2.24) is 10.2 Å². The van der Waals surface area contributed by atoms with E-state index >= 15 is 0 Å². The SMILES string of the molecule is CC1CN(C(C)C)CC(O)CN1. The molecule has 0 spiro atoms. The molecule has 0 aromatic heterocycles. The molecule has 3 nitrogen and oxygen atoms in total. The highest BCUT2D eigenvalue weighted by Gasteiger charge is 2.20. The topological polar surface area (TPSA) is 35.5 Å². The number of β-amino-alcohol motifs (C(OH)–C–C–N with tert-alkyl or cyclic N) is 1. The summed E-state index contributed by atoms with van der Waals surface area (Å²) < 4.78 is 0. The zero-order valence-corrected chi connectivity index (χ0v) is 8.25. The van der Waals surface area contributed by atoms with Gasteiger partial charge >= 0.3 is 0 Å². The third kappa shape index (κ3) is 2.73. The summed E-state index contributed by atoms with van der Waals surface area (Å²) in [6.45, 7) is 9.07. The predicted octanol–water partition coefficient (Wildman–Crippen LogP) is 0.0494. The number of aliphatic hydroxyl groups excluding tert-OH is 1. The van der Waals surface area contributed by atoms with E-state index in [9.17, 15) is 5.11 Å². The molecule has 2 atom stereocenters. The van der Waals surface area contributed by atoms with Gasteiger partial charge in [-0.25, -0.2) is 0 Å². The molecule has 3 heteroatoms. The number of nitrogens with one attached hydrogen (secondary N) is 1. The largest absolute Gasteiger partial charge is 0.390 e. The molecule has 0 bridgehead atoms. The Bertz CT molecular complexity index is 126. The van der Waals surface area contributed by atoms with Crippen LogP contribution in [-0.4, -0.2) is 47.8 Å². The van der Waals surface area contributed by atoms with Crippen molar-refractivity contribution in [2.24, 2.45) is 0 Å². The summed E-state index contributed by atoms with van der Waals surface area (Å²) in [6, 6.07) is 1.02. The summed E-state index contributed by atoms with van der Waals surface area (Å²) >= 11 is 0. The van der Waals surface area contributed by atoms with Crippen molar-refractivity contribution in [2.75, 3.05) is 19.6 Å². The van der Waals surface area contributed by atoms with Gasteiger partial charge < -0.3 is 10.4 Å². The van der Waals surface area contributed by atoms with Gasteiger partial charge in [0.25, 0.3) is 0 Å². The fraction of sp³-hybridized carbons (Fsp3) is 1.00. The smallest absolute Gasteiger partial charge is 0.0791 e. The standard InChI is InChI=1S/C9H20N2O/c1-7(2)11-5-8(3)10-4-9(12)6-11/h7-10,12H,4-6H2,1-3H3. The molecule has 1 aliphatic rings. The van der Waals surface area contributed by atoms with E-state index in [-0.39, 0.29) is 6.10 Å². The van der Waals surface area contributed by atoms with Gasteiger partial charge in [-0.2, -0.15) is 0 Å². The van der Waals surface area contributed by atoms with Crippen LogP contribution in [0.2, 0.25) is 0 Å². The lowest BCUT2D eigenvalue weighted by molar-refractivity contribution is 0.113. The van der Waals surface area contributed by atoms with Crippen LogP contribution in [0.4, 0.5) is 0 Å². The molecule has 0 radical (unpaired) electrons. The van der Waals surface area contributed by atoms with Gasteiger partial charge in [0.2, 0.25) is 0 Å². The Kier molecular flexibility index (Phi) is 3.50. The van der Waals surface area contributed by atoms with Crippen molar-refractivity contribution >= 4 is 0 Å². The summed E-state index contributed by atoms with van der Waals surface area (Å²) in [6.07, 6.45) is -0.211. The Morgan fingerprint density at radius 3 is 2.67 bits per heavy atom. The van der Waals surface area contributed by atoms with Crippen molar-refractivity contribution in [3.05, 3.63) is 0 Å². The van der Waals surface area contributed by atoms with Gasteiger partial charge in [-0.05, 0) is 20.8 Å². The van der Waals surface area contributed by atoms with Gasteiger partial charge in [-0.15, -0.1) is 0 Å². The molecular weight excluding hydrogens is 152 g/mol. The highest BCUT2D eigenvalue weighted by Crippen LogP contribution is 2.05. The van der Waals surface area contributed by atoms with E-state index in [1.54, 1.807) is 0 Å². The van der Waals surface area contributed by atoms with E-state index in [4.69, 9.17) is 0 Å². The summed E-state index contributed by atoms with van der Waals surface area (Å²) in [5.41, 5.74) is 0. The number of rotatable bonds is 1. The fourth-order valence-electron chi connectivity index (χ4n) is 1.58. The Morgan fingerprint density at radius 1 is 1.42 bits per heavy atom. The highest BCUT2D eigenvalue weighted by molar-refractivity contribution is 4.79. The van der Waals surface area contributed by atoms with Crippen molar-refractivity contribution in [3.63, 3.8) is 0 Å². The monoisotopic (exact) mass is 172 g/mol. The third-order valence-corrected chi connectivity index (χ3v) is 2.39. The molecule has 2 unspecified atom stereocenters. The average Bonchev–Trinajstić information content (AvgIpc) is 2.13. The molecule has 0 aliphatic carbocycles. The van der Waals surface area contributed by atoms with Gasteiger partial charge in [-0.3, -0.25) is 4.90 Å². The minimum absolute atomic E-state index is 0.211. The van der Waals surface area contributed by atoms with Crippen LogP contribution < -0.4 is 5.32 Å². The quantitative estimate of drug-likeness (QED) is 0.586. The van der Waals surface area contributed by atoms with Crippen molar-refractivity contribution in [1.29, 1.82) is 0 Å². The van der Waals surface area contributed by atoms with Crippen LogP contribution in [0.3, 0.4) is 0 Å². The first-order valence-corrected chi connectivity index (χ1v) is 4.75. The minimum Gasteiger partial charge on any atom is -0.390 e. The van der Waals surface area contributed by atoms with Crippen molar-refractivity contribution in [2.45, 2.75) is 39.0 Å². The van der Waals surface area contributed by atoms with Crippen LogP contribution >= 0.6 is 0 Å². The number of hydrogen-bond donors (Lipinski definition) is 2. The van der Waals surface area contributed by atoms with Crippen LogP contribution in [0.25, 0.3) is 0 Å². The lowest BCUT2D eigenvalue weighted by Gasteiger charge is -2.26. The summed E-state index contributed by atoms with van der Waals surface area (Å²) in [4.78, 5) is 2.31. The van der Waals surface area contributed by atoms with E-state index in [0.29, 0.717) is 12.1 Å². The molecule has 0 saturated carbocycles. The first kappa shape index (κ1) is 9.96. The predicted molar refractivity (Wildman–Crippen MR) is 50.2 cm³/mol. The fourth-order valence-corrected chi connectivity index (χ4v) is 1.58. The van der Waals surface area contributed by atoms with Crippen molar-refractivity contribution in [3.8, 4) is 0 Å². The van der Waals surface area contributed by atoms with E-state index in [1.807, 2.05) is 0 Å². The van der Waals surface area contributed by atoms with Gasteiger partial charge in [0.05, 0.1) is 6.10 Å². The van der Waals surface area contributed by atoms with E-state index < -0.39 is 0 Å². The second kappa shape index (κ2) is 4.21. The zero-order chi connectivity index (χ0) is 9.14. The van der Waals surface area contributed by atoms with Crippen LogP contribution in [0.1, 0.15) is 20.8 Å². The maximum Gasteiger partial charge on any atom is 0.0791 e. The molecule has 1 aliphatic heterocycles. The molecule has 1 saturated heterocycles. The Labute approximate surface area is 74.8 Å². The first-order valence-electron chi connectivity index (χ1n) is 4.75. The first-order chi connectivity index (χ1) is 5.59. The Balaban J connectivity index is 2.49. The Morgan fingerprint density at radius 2 is 2.08 bits per heavy atom. The summed E-state index contributed by atoms with van der Waals surface area (Å²) in [5.74, 6) is 0. The second-order valence-corrected chi connectivity index (χ2v) is 4.01. The molecule has 1 rings (SSSR count). The van der Waals surface area contributed by atoms with E-state index in [2.05, 4.69) is 31.0 Å². The number of aliphatic hydroxyl groups is 1. The van der Waals surface area contributed by atoms with Crippen LogP contribution in [-0.2, 0) is 0 Å². The van der Waals surface area contributed by atoms with Gasteiger partial charge in [0.15, 0.2) is 0 Å². The molecule has 1 fully saturated rings. The maximum atomic E-state index is 9.52. The molecule has 2 N–H and O–H groups in total. The summed E-state index contributed by atoms with van der Waals surface area (Å²) in [7, 11) is 0. The molecule has 12 heavy (non-hydrogen) atoms. The highest BCUT2D eigenvalue weighted by atomic mass is 16.3. The van der Waals surface area contributed by atoms with Crippen LogP contribution in [0.5, 0.6) is 0 Å². The Hall–Kier alpha value is -0.120. The van der Waals surface area contributed by atoms with E-state index in [0.717, 1.165) is 19.6 Å². The second-order valence-electron chi connectivity index (χ2n) is 4.01. The molecule has 72 valence electrons. The molecular formula is C9H20N2O. The normalized spacial score (nSPS) is 33.8. The average molecular weight is 172 g/mol. The van der Waals surface area contributed by atoms with Gasteiger partial charge in [-0.1, -0.05) is 0 Å². The molecule has 0 aromatic carbocycles. The lowest BCUT2D eigenvalue weighted by atomic mass is 10.2. The molecule has 1 heterocycles. The lowest BCUT2D eigenvalue weighted by Crippen LogP contribution is -2.39. The summed E-state index contributed by atoms with van der Waals surface area (Å²) in [5, 5.41) is 12.8. The zero-order valence-electron chi connectivity index (χ0n) is 8.25. The molecule has 0 amide bonds. The van der Waals surface area contributed by atoms with Crippen LogP contribution in [0, 0.1) is 0 Å².